The molecule has 0 amide bonds. The molecule has 1 aromatic carbocycles. The Morgan fingerprint density at radius 1 is 1.35 bits per heavy atom. The van der Waals surface area contributed by atoms with Gasteiger partial charge in [0.15, 0.2) is 5.96 Å². The number of ether oxygens (including phenoxy) is 1. The van der Waals surface area contributed by atoms with E-state index in [1.54, 1.807) is 0 Å². The van der Waals surface area contributed by atoms with E-state index in [0.29, 0.717) is 6.54 Å². The van der Waals surface area contributed by atoms with Crippen LogP contribution in [0, 0.1) is 5.92 Å². The lowest BCUT2D eigenvalue weighted by Crippen LogP contribution is -2.46. The zero-order valence-corrected chi connectivity index (χ0v) is 17.6. The van der Waals surface area contributed by atoms with E-state index in [1.807, 2.05) is 30.3 Å². The normalized spacial score (nSPS) is 15.6. The summed E-state index contributed by atoms with van der Waals surface area (Å²) in [5.74, 6) is 1.61. The number of likely N-dealkylation sites (tertiary alicyclic amines) is 1. The van der Waals surface area contributed by atoms with Crippen LogP contribution in [0.5, 0.6) is 0 Å². The van der Waals surface area contributed by atoms with E-state index in [1.165, 1.54) is 7.11 Å². The smallest absolute Gasteiger partial charge is 0.308 e. The Morgan fingerprint density at radius 3 is 2.73 bits per heavy atom. The van der Waals surface area contributed by atoms with E-state index in [4.69, 9.17) is 14.1 Å². The number of furan rings is 1. The first kappa shape index (κ1) is 20.5. The van der Waals surface area contributed by atoms with Gasteiger partial charge in [0, 0.05) is 25.0 Å². The van der Waals surface area contributed by atoms with Gasteiger partial charge in [0.25, 0.3) is 0 Å². The summed E-state index contributed by atoms with van der Waals surface area (Å²) in [7, 11) is 1.45. The fourth-order valence-electron chi connectivity index (χ4n) is 3.19. The van der Waals surface area contributed by atoms with Gasteiger partial charge < -0.3 is 19.4 Å². The first-order valence-electron chi connectivity index (χ1n) is 8.79. The number of carbonyl (C=O) groups excluding carboxylic acids is 1. The molecular formula is C19H26IN3O3. The molecule has 2 aromatic rings. The number of nitrogens with zero attached hydrogens (tertiary/aromatic N) is 2. The van der Waals surface area contributed by atoms with Crippen LogP contribution in [-0.4, -0.2) is 43.6 Å². The number of esters is 1. The van der Waals surface area contributed by atoms with E-state index in [-0.39, 0.29) is 35.9 Å². The van der Waals surface area contributed by atoms with Gasteiger partial charge in [-0.2, -0.15) is 0 Å². The number of methoxy groups -OCH3 is 1. The number of hydrogen-bond donors (Lipinski definition) is 1. The minimum absolute atomic E-state index is 0. The van der Waals surface area contributed by atoms with Gasteiger partial charge in [-0.15, -0.1) is 24.0 Å². The number of nitrogens with one attached hydrogen (secondary N) is 1. The number of fused-ring (bicyclic) bond motifs is 1. The molecule has 1 fully saturated rings. The Kier molecular flexibility index (Phi) is 7.74. The minimum atomic E-state index is -0.108. The second kappa shape index (κ2) is 9.80. The molecule has 0 spiro atoms. The van der Waals surface area contributed by atoms with Gasteiger partial charge in [0.1, 0.15) is 17.9 Å². The Balaban J connectivity index is 0.00000243. The van der Waals surface area contributed by atoms with Gasteiger partial charge in [-0.25, -0.2) is 4.99 Å². The molecule has 26 heavy (non-hydrogen) atoms. The van der Waals surface area contributed by atoms with Gasteiger partial charge in [-0.05, 0) is 31.9 Å². The van der Waals surface area contributed by atoms with Gasteiger partial charge in [0.05, 0.1) is 13.0 Å². The van der Waals surface area contributed by atoms with Crippen molar-refractivity contribution < 1.29 is 13.9 Å². The van der Waals surface area contributed by atoms with Crippen molar-refractivity contribution in [3.05, 3.63) is 36.1 Å². The van der Waals surface area contributed by atoms with Crippen molar-refractivity contribution in [2.24, 2.45) is 10.9 Å². The molecule has 1 aliphatic rings. The third kappa shape index (κ3) is 4.90. The minimum Gasteiger partial charge on any atom is -0.469 e. The van der Waals surface area contributed by atoms with Crippen LogP contribution in [0.2, 0.25) is 0 Å². The van der Waals surface area contributed by atoms with Crippen molar-refractivity contribution in [3.8, 4) is 0 Å². The van der Waals surface area contributed by atoms with Crippen LogP contribution in [-0.2, 0) is 16.1 Å². The summed E-state index contributed by atoms with van der Waals surface area (Å²) in [6.45, 7) is 4.94. The first-order valence-corrected chi connectivity index (χ1v) is 8.79. The largest absolute Gasteiger partial charge is 0.469 e. The summed E-state index contributed by atoms with van der Waals surface area (Å²) in [5, 5.41) is 4.43. The van der Waals surface area contributed by atoms with Gasteiger partial charge in [0.2, 0.25) is 0 Å². The Morgan fingerprint density at radius 2 is 2.08 bits per heavy atom. The number of carbonyl (C=O) groups is 1. The Bertz CT molecular complexity index is 718. The van der Waals surface area contributed by atoms with Crippen molar-refractivity contribution in [3.63, 3.8) is 0 Å². The molecule has 6 nitrogen and oxygen atoms in total. The summed E-state index contributed by atoms with van der Waals surface area (Å²) in [4.78, 5) is 18.6. The predicted octanol–water partition coefficient (Wildman–Crippen LogP) is 3.40. The van der Waals surface area contributed by atoms with E-state index in [0.717, 1.165) is 55.2 Å². The van der Waals surface area contributed by atoms with Crippen LogP contribution in [0.25, 0.3) is 11.0 Å². The predicted molar refractivity (Wildman–Crippen MR) is 113 cm³/mol. The average molecular weight is 471 g/mol. The molecule has 0 radical (unpaired) electrons. The number of hydrogen-bond acceptors (Lipinski definition) is 4. The van der Waals surface area contributed by atoms with Crippen molar-refractivity contribution in [1.29, 1.82) is 0 Å². The maximum Gasteiger partial charge on any atom is 0.308 e. The van der Waals surface area contributed by atoms with E-state index in [9.17, 15) is 4.79 Å². The summed E-state index contributed by atoms with van der Waals surface area (Å²) >= 11 is 0. The zero-order chi connectivity index (χ0) is 17.6. The second-order valence-electron chi connectivity index (χ2n) is 6.21. The third-order valence-corrected chi connectivity index (χ3v) is 4.53. The van der Waals surface area contributed by atoms with Gasteiger partial charge in [-0.3, -0.25) is 4.79 Å². The fraction of sp³-hybridized carbons (Fsp3) is 0.474. The molecule has 0 aliphatic carbocycles. The number of halogens is 1. The number of aliphatic imine (C=N–C) groups is 1. The molecule has 1 saturated heterocycles. The van der Waals surface area contributed by atoms with Crippen LogP contribution in [0.1, 0.15) is 25.5 Å². The van der Waals surface area contributed by atoms with Crippen LogP contribution < -0.4 is 5.32 Å². The number of rotatable bonds is 4. The van der Waals surface area contributed by atoms with Crippen molar-refractivity contribution in [2.45, 2.75) is 26.3 Å². The Hall–Kier alpha value is -1.77. The molecule has 0 unspecified atom stereocenters. The lowest BCUT2D eigenvalue weighted by atomic mass is 9.97. The molecular weight excluding hydrogens is 445 g/mol. The highest BCUT2D eigenvalue weighted by Gasteiger charge is 2.26. The molecule has 0 atom stereocenters. The lowest BCUT2D eigenvalue weighted by Gasteiger charge is -2.33. The average Bonchev–Trinajstić information content (AvgIpc) is 3.07. The molecule has 0 bridgehead atoms. The number of guanidine groups is 1. The quantitative estimate of drug-likeness (QED) is 0.321. The van der Waals surface area contributed by atoms with Crippen molar-refractivity contribution in [1.82, 2.24) is 10.2 Å². The molecule has 1 aromatic heterocycles. The highest BCUT2D eigenvalue weighted by Crippen LogP contribution is 2.21. The molecule has 3 rings (SSSR count). The van der Waals surface area contributed by atoms with E-state index in [2.05, 4.69) is 17.1 Å². The maximum atomic E-state index is 11.7. The fourth-order valence-corrected chi connectivity index (χ4v) is 3.19. The van der Waals surface area contributed by atoms with Crippen LogP contribution in [0.3, 0.4) is 0 Å². The zero-order valence-electron chi connectivity index (χ0n) is 15.2. The number of para-hydroxylation sites is 1. The van der Waals surface area contributed by atoms with Crippen LogP contribution in [0.15, 0.2) is 39.7 Å². The third-order valence-electron chi connectivity index (χ3n) is 4.53. The number of benzene rings is 1. The summed E-state index contributed by atoms with van der Waals surface area (Å²) in [6.07, 6.45) is 1.59. The molecule has 1 aliphatic heterocycles. The standard InChI is InChI=1S/C19H25N3O3.HI/c1-3-20-19(22-10-8-14(9-11-22)18(23)24-2)21-13-16-12-15-6-4-5-7-17(15)25-16;/h4-7,12,14H,3,8-11,13H2,1-2H3,(H,20,21);1H. The van der Waals surface area contributed by atoms with Crippen LogP contribution in [0.4, 0.5) is 0 Å². The SMILES string of the molecule is CCNC(=NCc1cc2ccccc2o1)N1CCC(C(=O)OC)CC1.I. The summed E-state index contributed by atoms with van der Waals surface area (Å²) in [6, 6.07) is 10.0. The molecule has 1 N–H and O–H groups in total. The van der Waals surface area contributed by atoms with E-state index >= 15 is 0 Å². The first-order chi connectivity index (χ1) is 12.2. The summed E-state index contributed by atoms with van der Waals surface area (Å²) in [5.41, 5.74) is 0.886. The molecule has 0 saturated carbocycles. The maximum absolute atomic E-state index is 11.7. The van der Waals surface area contributed by atoms with Crippen LogP contribution >= 0.6 is 24.0 Å². The highest BCUT2D eigenvalue weighted by atomic mass is 127. The summed E-state index contributed by atoms with van der Waals surface area (Å²) < 4.78 is 10.7. The Labute approximate surface area is 171 Å². The molecule has 2 heterocycles. The highest BCUT2D eigenvalue weighted by molar-refractivity contribution is 14.0. The van der Waals surface area contributed by atoms with E-state index < -0.39 is 0 Å². The van der Waals surface area contributed by atoms with Gasteiger partial charge in [-0.1, -0.05) is 18.2 Å². The van der Waals surface area contributed by atoms with Gasteiger partial charge >= 0.3 is 5.97 Å². The lowest BCUT2D eigenvalue weighted by molar-refractivity contribution is -0.146. The van der Waals surface area contributed by atoms with Crippen molar-refractivity contribution in [2.75, 3.05) is 26.7 Å². The monoisotopic (exact) mass is 471 g/mol. The topological polar surface area (TPSA) is 67.1 Å². The second-order valence-corrected chi connectivity index (χ2v) is 6.21. The molecule has 7 heteroatoms. The van der Waals surface area contributed by atoms with Crippen molar-refractivity contribution >= 4 is 46.9 Å². The molecule has 142 valence electrons. The number of piperidine rings is 1.